The van der Waals surface area contributed by atoms with Crippen LogP contribution >= 0.6 is 11.6 Å². The number of hydrogen-bond donors (Lipinski definition) is 3. The molecule has 0 aliphatic rings. The molecule has 0 radical (unpaired) electrons. The minimum Gasteiger partial charge on any atom is -0.387 e. The summed E-state index contributed by atoms with van der Waals surface area (Å²) in [6, 6.07) is 0. The van der Waals surface area contributed by atoms with Crippen LogP contribution in [-0.4, -0.2) is 35.7 Å². The Morgan fingerprint density at radius 1 is 1.47 bits per heavy atom. The van der Waals surface area contributed by atoms with Crippen LogP contribution in [0.15, 0.2) is 0 Å². The molecule has 0 fully saturated rings. The number of carbonyl (C=O) groups is 1. The lowest BCUT2D eigenvalue weighted by molar-refractivity contribution is 0.0996. The summed E-state index contributed by atoms with van der Waals surface area (Å²) in [6.07, 6.45) is -0.253. The summed E-state index contributed by atoms with van der Waals surface area (Å²) in [7, 11) is 3.46. The van der Waals surface area contributed by atoms with Crippen LogP contribution in [0.1, 0.15) is 16.9 Å². The molecule has 0 amide bonds. The van der Waals surface area contributed by atoms with Crippen molar-refractivity contribution < 1.29 is 4.79 Å². The maximum absolute atomic E-state index is 11.6. The van der Waals surface area contributed by atoms with Gasteiger partial charge >= 0.3 is 0 Å². The van der Waals surface area contributed by atoms with E-state index < -0.39 is 5.78 Å². The Bertz CT molecular complexity index is 473. The van der Waals surface area contributed by atoms with Crippen molar-refractivity contribution in [3.05, 3.63) is 10.8 Å². The van der Waals surface area contributed by atoms with E-state index in [1.54, 1.807) is 19.0 Å². The highest BCUT2D eigenvalue weighted by atomic mass is 35.5. The van der Waals surface area contributed by atoms with Crippen molar-refractivity contribution in [2.75, 3.05) is 24.7 Å². The van der Waals surface area contributed by atoms with Crippen molar-refractivity contribution in [1.82, 2.24) is 9.97 Å². The largest absolute Gasteiger partial charge is 0.387 e. The summed E-state index contributed by atoms with van der Waals surface area (Å²) in [5.41, 5.74) is 10.7. The van der Waals surface area contributed by atoms with Gasteiger partial charge in [0.05, 0.1) is 12.3 Å². The topological polar surface area (TPSA) is 122 Å². The predicted molar refractivity (Wildman–Crippen MR) is 66.6 cm³/mol. The first-order chi connectivity index (χ1) is 7.82. The van der Waals surface area contributed by atoms with Gasteiger partial charge < -0.3 is 16.4 Å². The zero-order chi connectivity index (χ0) is 13.2. The summed E-state index contributed by atoms with van der Waals surface area (Å²) < 4.78 is 0. The number of Topliss-reactive ketones (excluding diaryl/α,β-unsaturated/α-hetero) is 1. The Morgan fingerprint density at radius 2 is 2.06 bits per heavy atom. The molecule has 17 heavy (non-hydrogen) atoms. The van der Waals surface area contributed by atoms with E-state index in [0.717, 1.165) is 0 Å². The summed E-state index contributed by atoms with van der Waals surface area (Å²) in [6.45, 7) is 0. The molecule has 0 bridgehead atoms. The number of amidine groups is 1. The summed E-state index contributed by atoms with van der Waals surface area (Å²) >= 11 is 5.87. The van der Waals surface area contributed by atoms with Gasteiger partial charge in [-0.3, -0.25) is 10.2 Å². The second-order valence-electron chi connectivity index (χ2n) is 3.59. The number of carbonyl (C=O) groups excluding carboxylic acids is 1. The summed E-state index contributed by atoms with van der Waals surface area (Å²) in [5, 5.41) is 7.12. The van der Waals surface area contributed by atoms with Crippen LogP contribution in [0.3, 0.4) is 0 Å². The van der Waals surface area contributed by atoms with Crippen molar-refractivity contribution in [3.8, 4) is 0 Å². The lowest BCUT2D eigenvalue weighted by Gasteiger charge is -2.14. The van der Waals surface area contributed by atoms with E-state index >= 15 is 0 Å². The third-order valence-electron chi connectivity index (χ3n) is 1.90. The van der Waals surface area contributed by atoms with Gasteiger partial charge in [0.1, 0.15) is 0 Å². The number of halogens is 1. The van der Waals surface area contributed by atoms with Gasteiger partial charge in [-0.05, 0) is 0 Å². The number of rotatable bonds is 4. The van der Waals surface area contributed by atoms with Gasteiger partial charge in [-0.2, -0.15) is 0 Å². The fourth-order valence-electron chi connectivity index (χ4n) is 1.17. The third kappa shape index (κ3) is 3.04. The second-order valence-corrected chi connectivity index (χ2v) is 3.95. The molecule has 0 atom stereocenters. The van der Waals surface area contributed by atoms with E-state index in [2.05, 4.69) is 9.97 Å². The maximum Gasteiger partial charge on any atom is 0.192 e. The molecule has 8 heteroatoms. The smallest absolute Gasteiger partial charge is 0.192 e. The first-order valence-electron chi connectivity index (χ1n) is 4.69. The number of nitrogen functional groups attached to an aromatic ring is 1. The molecule has 7 nitrogen and oxygen atoms in total. The molecule has 0 saturated carbocycles. The van der Waals surface area contributed by atoms with E-state index in [9.17, 15) is 4.79 Å². The fourth-order valence-corrected chi connectivity index (χ4v) is 1.46. The molecule has 0 spiro atoms. The fraction of sp³-hybridized carbons (Fsp3) is 0.333. The summed E-state index contributed by atoms with van der Waals surface area (Å²) in [5.74, 6) is -0.383. The van der Waals surface area contributed by atoms with Crippen LogP contribution in [-0.2, 0) is 0 Å². The first-order valence-corrected chi connectivity index (χ1v) is 5.07. The quantitative estimate of drug-likeness (QED) is 0.404. The third-order valence-corrected chi connectivity index (χ3v) is 2.16. The average Bonchev–Trinajstić information content (AvgIpc) is 2.19. The van der Waals surface area contributed by atoms with Crippen molar-refractivity contribution in [1.29, 1.82) is 5.41 Å². The van der Waals surface area contributed by atoms with Gasteiger partial charge in [-0.15, -0.1) is 0 Å². The molecule has 0 aliphatic heterocycles. The normalized spacial score (nSPS) is 10.1. The molecular weight excluding hydrogens is 244 g/mol. The molecule has 0 unspecified atom stereocenters. The lowest BCUT2D eigenvalue weighted by atomic mass is 10.2. The van der Waals surface area contributed by atoms with Crippen molar-refractivity contribution >= 4 is 34.9 Å². The van der Waals surface area contributed by atoms with Crippen LogP contribution in [0, 0.1) is 5.41 Å². The number of nitrogens with zero attached hydrogens (tertiary/aromatic N) is 3. The highest BCUT2D eigenvalue weighted by Crippen LogP contribution is 2.23. The maximum atomic E-state index is 11.6. The Morgan fingerprint density at radius 3 is 2.53 bits per heavy atom. The van der Waals surface area contributed by atoms with Gasteiger partial charge in [-0.1, -0.05) is 11.6 Å². The zero-order valence-electron chi connectivity index (χ0n) is 9.49. The molecule has 92 valence electrons. The number of nitrogens with one attached hydrogen (secondary N) is 1. The number of aromatic nitrogens is 2. The van der Waals surface area contributed by atoms with Gasteiger partial charge in [-0.25, -0.2) is 9.97 Å². The zero-order valence-corrected chi connectivity index (χ0v) is 10.2. The van der Waals surface area contributed by atoms with Gasteiger partial charge in [0.2, 0.25) is 0 Å². The molecule has 1 aromatic heterocycles. The first kappa shape index (κ1) is 13.2. The van der Waals surface area contributed by atoms with Gasteiger partial charge in [0, 0.05) is 14.1 Å². The van der Waals surface area contributed by atoms with Gasteiger partial charge in [0.25, 0.3) is 0 Å². The molecule has 0 saturated heterocycles. The highest BCUT2D eigenvalue weighted by Gasteiger charge is 2.18. The molecule has 1 heterocycles. The van der Waals surface area contributed by atoms with E-state index in [-0.39, 0.29) is 28.9 Å². The number of anilines is 2. The van der Waals surface area contributed by atoms with Crippen molar-refractivity contribution in [2.45, 2.75) is 6.42 Å². The van der Waals surface area contributed by atoms with Crippen molar-refractivity contribution in [2.24, 2.45) is 5.73 Å². The van der Waals surface area contributed by atoms with E-state index in [4.69, 9.17) is 28.5 Å². The Balaban J connectivity index is 3.15. The molecule has 0 aliphatic carbocycles. The number of ketones is 1. The molecule has 0 aromatic carbocycles. The van der Waals surface area contributed by atoms with Crippen LogP contribution in [0.25, 0.3) is 0 Å². The van der Waals surface area contributed by atoms with E-state index in [0.29, 0.717) is 5.82 Å². The summed E-state index contributed by atoms with van der Waals surface area (Å²) in [4.78, 5) is 21.1. The van der Waals surface area contributed by atoms with Gasteiger partial charge in [0.15, 0.2) is 28.3 Å². The molecular formula is C9H13ClN6O. The van der Waals surface area contributed by atoms with E-state index in [1.807, 2.05) is 0 Å². The Labute approximate surface area is 103 Å². The Hall–Kier alpha value is -1.89. The van der Waals surface area contributed by atoms with Crippen LogP contribution in [0.2, 0.25) is 5.15 Å². The Kier molecular flexibility index (Phi) is 3.84. The van der Waals surface area contributed by atoms with Crippen LogP contribution in [0.5, 0.6) is 0 Å². The highest BCUT2D eigenvalue weighted by molar-refractivity contribution is 6.32. The van der Waals surface area contributed by atoms with Crippen LogP contribution < -0.4 is 16.4 Å². The predicted octanol–water partition coefficient (Wildman–Crippen LogP) is 0.287. The lowest BCUT2D eigenvalue weighted by Crippen LogP contribution is -2.20. The second kappa shape index (κ2) is 4.96. The SMILES string of the molecule is CN(C)c1nc(N)c(C(=O)CC(=N)N)nc1Cl. The minimum absolute atomic E-state index is 0.0237. The standard InChI is InChI=1S/C9H13ClN6O/c1-16(2)9-7(10)14-6(8(13)15-9)4(17)3-5(11)12/h3H2,1-2H3,(H3,11,12)(H2,13,15). The van der Waals surface area contributed by atoms with Crippen molar-refractivity contribution in [3.63, 3.8) is 0 Å². The minimum atomic E-state index is -0.477. The monoisotopic (exact) mass is 256 g/mol. The van der Waals surface area contributed by atoms with E-state index in [1.165, 1.54) is 0 Å². The number of nitrogens with two attached hydrogens (primary N) is 2. The molecule has 1 aromatic rings. The number of hydrogen-bond acceptors (Lipinski definition) is 6. The van der Waals surface area contributed by atoms with Crippen LogP contribution in [0.4, 0.5) is 11.6 Å². The molecule has 5 N–H and O–H groups in total. The average molecular weight is 257 g/mol. The molecule has 1 rings (SSSR count).